The van der Waals surface area contributed by atoms with Crippen molar-refractivity contribution < 1.29 is 9.72 Å². The number of nitro groups is 1. The number of halogens is 2. The van der Waals surface area contributed by atoms with Crippen molar-refractivity contribution in [1.82, 2.24) is 5.32 Å². The van der Waals surface area contributed by atoms with Crippen LogP contribution in [0.3, 0.4) is 0 Å². The molecule has 2 aromatic rings. The topological polar surface area (TPSA) is 72.2 Å². The predicted molar refractivity (Wildman–Crippen MR) is 85.1 cm³/mol. The van der Waals surface area contributed by atoms with Gasteiger partial charge in [-0.05, 0) is 23.3 Å². The predicted octanol–water partition coefficient (Wildman–Crippen LogP) is 3.76. The van der Waals surface area contributed by atoms with Gasteiger partial charge in [0, 0.05) is 18.7 Å². The van der Waals surface area contributed by atoms with Gasteiger partial charge in [-0.1, -0.05) is 41.4 Å². The Bertz CT molecular complexity index is 702. The average Bonchev–Trinajstić information content (AvgIpc) is 2.49. The zero-order valence-electron chi connectivity index (χ0n) is 11.4. The Hall–Kier alpha value is -2.11. The van der Waals surface area contributed by atoms with E-state index in [-0.39, 0.29) is 18.0 Å². The molecule has 0 bridgehead atoms. The molecule has 1 amide bonds. The molecule has 2 aromatic carbocycles. The molecule has 0 saturated carbocycles. The number of nitrogens with zero attached hydrogens (tertiary/aromatic N) is 1. The van der Waals surface area contributed by atoms with Crippen molar-refractivity contribution in [3.63, 3.8) is 0 Å². The molecule has 0 atom stereocenters. The van der Waals surface area contributed by atoms with Crippen molar-refractivity contribution >= 4 is 34.8 Å². The molecule has 0 fully saturated rings. The van der Waals surface area contributed by atoms with Gasteiger partial charge in [0.2, 0.25) is 5.91 Å². The van der Waals surface area contributed by atoms with Crippen LogP contribution >= 0.6 is 23.2 Å². The van der Waals surface area contributed by atoms with Crippen molar-refractivity contribution in [2.75, 3.05) is 0 Å². The Morgan fingerprint density at radius 1 is 1.05 bits per heavy atom. The quantitative estimate of drug-likeness (QED) is 0.666. The van der Waals surface area contributed by atoms with Crippen LogP contribution in [0.5, 0.6) is 0 Å². The molecule has 1 N–H and O–H groups in total. The summed E-state index contributed by atoms with van der Waals surface area (Å²) in [6.07, 6.45) is 0.184. The van der Waals surface area contributed by atoms with Crippen molar-refractivity contribution in [1.29, 1.82) is 0 Å². The summed E-state index contributed by atoms with van der Waals surface area (Å²) in [5.74, 6) is -0.170. The molecule has 0 radical (unpaired) electrons. The molecule has 114 valence electrons. The molecule has 0 aliphatic carbocycles. The van der Waals surface area contributed by atoms with E-state index >= 15 is 0 Å². The summed E-state index contributed by atoms with van der Waals surface area (Å²) in [7, 11) is 0. The third-order valence-electron chi connectivity index (χ3n) is 2.99. The highest BCUT2D eigenvalue weighted by atomic mass is 35.5. The van der Waals surface area contributed by atoms with E-state index < -0.39 is 4.92 Å². The Labute approximate surface area is 137 Å². The molecule has 2 rings (SSSR count). The molecule has 5 nitrogen and oxygen atoms in total. The number of carbonyl (C=O) groups is 1. The minimum Gasteiger partial charge on any atom is -0.352 e. The standard InChI is InChI=1S/C15H12Cl2N2O3/c16-13-6-3-11(7-14(13)17)8-15(20)18-9-10-1-4-12(5-2-10)19(21)22/h1-7H,8-9H2,(H,18,20). The smallest absolute Gasteiger partial charge is 0.269 e. The summed E-state index contributed by atoms with van der Waals surface area (Å²) in [6, 6.07) is 11.0. The number of amides is 1. The van der Waals surface area contributed by atoms with Crippen LogP contribution in [0, 0.1) is 10.1 Å². The van der Waals surface area contributed by atoms with Crippen LogP contribution in [0.15, 0.2) is 42.5 Å². The Morgan fingerprint density at radius 3 is 2.27 bits per heavy atom. The van der Waals surface area contributed by atoms with Gasteiger partial charge in [0.15, 0.2) is 0 Å². The number of benzene rings is 2. The molecule has 0 aromatic heterocycles. The van der Waals surface area contributed by atoms with Crippen LogP contribution in [-0.2, 0) is 17.8 Å². The fourth-order valence-corrected chi connectivity index (χ4v) is 2.15. The van der Waals surface area contributed by atoms with Gasteiger partial charge in [-0.2, -0.15) is 0 Å². The minimum atomic E-state index is -0.466. The summed E-state index contributed by atoms with van der Waals surface area (Å²) in [5.41, 5.74) is 1.56. The van der Waals surface area contributed by atoms with E-state index in [4.69, 9.17) is 23.2 Å². The van der Waals surface area contributed by atoms with Gasteiger partial charge in [0.1, 0.15) is 0 Å². The monoisotopic (exact) mass is 338 g/mol. The van der Waals surface area contributed by atoms with E-state index in [2.05, 4.69) is 5.32 Å². The van der Waals surface area contributed by atoms with Gasteiger partial charge in [0.25, 0.3) is 5.69 Å². The molecular formula is C15H12Cl2N2O3. The summed E-state index contributed by atoms with van der Waals surface area (Å²) in [6.45, 7) is 0.304. The molecule has 0 aliphatic rings. The highest BCUT2D eigenvalue weighted by molar-refractivity contribution is 6.42. The van der Waals surface area contributed by atoms with Crippen LogP contribution < -0.4 is 5.32 Å². The van der Waals surface area contributed by atoms with Crippen molar-refractivity contribution in [3.8, 4) is 0 Å². The second kappa shape index (κ2) is 7.24. The lowest BCUT2D eigenvalue weighted by atomic mass is 10.1. The maximum atomic E-state index is 11.9. The first kappa shape index (κ1) is 16.3. The zero-order chi connectivity index (χ0) is 16.1. The average molecular weight is 339 g/mol. The van der Waals surface area contributed by atoms with Crippen LogP contribution in [0.2, 0.25) is 10.0 Å². The fourth-order valence-electron chi connectivity index (χ4n) is 1.83. The second-order valence-corrected chi connectivity index (χ2v) is 5.44. The summed E-state index contributed by atoms with van der Waals surface area (Å²) in [5, 5.41) is 14.1. The Kier molecular flexibility index (Phi) is 5.35. The third kappa shape index (κ3) is 4.44. The molecule has 0 heterocycles. The molecule has 0 spiro atoms. The molecule has 7 heteroatoms. The Morgan fingerprint density at radius 2 is 1.68 bits per heavy atom. The van der Waals surface area contributed by atoms with Crippen molar-refractivity contribution in [3.05, 3.63) is 73.8 Å². The van der Waals surface area contributed by atoms with Crippen LogP contribution in [0.1, 0.15) is 11.1 Å². The van der Waals surface area contributed by atoms with Gasteiger partial charge in [0.05, 0.1) is 21.4 Å². The SMILES string of the molecule is O=C(Cc1ccc(Cl)c(Cl)c1)NCc1ccc([N+](=O)[O-])cc1. The summed E-state index contributed by atoms with van der Waals surface area (Å²) < 4.78 is 0. The number of rotatable bonds is 5. The minimum absolute atomic E-state index is 0.0193. The van der Waals surface area contributed by atoms with Gasteiger partial charge >= 0.3 is 0 Å². The maximum absolute atomic E-state index is 11.9. The third-order valence-corrected chi connectivity index (χ3v) is 3.72. The molecule has 0 aliphatic heterocycles. The van der Waals surface area contributed by atoms with Gasteiger partial charge in [-0.15, -0.1) is 0 Å². The van der Waals surface area contributed by atoms with E-state index in [0.29, 0.717) is 16.6 Å². The summed E-state index contributed by atoms with van der Waals surface area (Å²) in [4.78, 5) is 21.9. The van der Waals surface area contributed by atoms with Gasteiger partial charge < -0.3 is 5.32 Å². The first-order valence-electron chi connectivity index (χ1n) is 6.39. The molecule has 0 saturated heterocycles. The highest BCUT2D eigenvalue weighted by Crippen LogP contribution is 2.22. The number of nitrogens with one attached hydrogen (secondary N) is 1. The summed E-state index contributed by atoms with van der Waals surface area (Å²) >= 11 is 11.7. The number of hydrogen-bond acceptors (Lipinski definition) is 3. The molecule has 22 heavy (non-hydrogen) atoms. The Balaban J connectivity index is 1.89. The number of carbonyl (C=O) groups excluding carboxylic acids is 1. The lowest BCUT2D eigenvalue weighted by molar-refractivity contribution is -0.384. The molecule has 0 unspecified atom stereocenters. The van der Waals surface area contributed by atoms with E-state index in [9.17, 15) is 14.9 Å². The first-order chi connectivity index (χ1) is 10.5. The number of hydrogen-bond donors (Lipinski definition) is 1. The normalized spacial score (nSPS) is 10.3. The van der Waals surface area contributed by atoms with E-state index in [0.717, 1.165) is 11.1 Å². The van der Waals surface area contributed by atoms with Gasteiger partial charge in [-0.3, -0.25) is 14.9 Å². The van der Waals surface area contributed by atoms with Crippen LogP contribution in [0.25, 0.3) is 0 Å². The van der Waals surface area contributed by atoms with Crippen molar-refractivity contribution in [2.45, 2.75) is 13.0 Å². The first-order valence-corrected chi connectivity index (χ1v) is 7.15. The largest absolute Gasteiger partial charge is 0.352 e. The molecular weight excluding hydrogens is 327 g/mol. The maximum Gasteiger partial charge on any atom is 0.269 e. The van der Waals surface area contributed by atoms with Gasteiger partial charge in [-0.25, -0.2) is 0 Å². The number of nitro benzene ring substituents is 1. The van der Waals surface area contributed by atoms with E-state index in [1.165, 1.54) is 12.1 Å². The second-order valence-electron chi connectivity index (χ2n) is 4.63. The highest BCUT2D eigenvalue weighted by Gasteiger charge is 2.07. The van der Waals surface area contributed by atoms with Crippen molar-refractivity contribution in [2.24, 2.45) is 0 Å². The zero-order valence-corrected chi connectivity index (χ0v) is 12.9. The van der Waals surface area contributed by atoms with E-state index in [1.54, 1.807) is 30.3 Å². The fraction of sp³-hybridized carbons (Fsp3) is 0.133. The van der Waals surface area contributed by atoms with Crippen LogP contribution in [-0.4, -0.2) is 10.8 Å². The van der Waals surface area contributed by atoms with Crippen LogP contribution in [0.4, 0.5) is 5.69 Å². The van der Waals surface area contributed by atoms with E-state index in [1.807, 2.05) is 0 Å². The lowest BCUT2D eigenvalue weighted by Crippen LogP contribution is -2.24. The lowest BCUT2D eigenvalue weighted by Gasteiger charge is -2.06. The number of non-ortho nitro benzene ring substituents is 1.